The molecule has 0 bridgehead atoms. The van der Waals surface area contributed by atoms with Crippen molar-refractivity contribution in [2.24, 2.45) is 0 Å². The molecule has 0 saturated heterocycles. The number of furan rings is 1. The summed E-state index contributed by atoms with van der Waals surface area (Å²) < 4.78 is 42.9. The number of carbonyl (C=O) groups is 2. The fraction of sp³-hybridized carbons (Fsp3) is 0.167. The van der Waals surface area contributed by atoms with Crippen molar-refractivity contribution in [2.45, 2.75) is 18.4 Å². The number of hydrazine groups is 1. The van der Waals surface area contributed by atoms with Crippen LogP contribution in [-0.4, -0.2) is 33.9 Å². The summed E-state index contributed by atoms with van der Waals surface area (Å²) in [6.07, 6.45) is 4.15. The number of rotatable bonds is 10. The van der Waals surface area contributed by atoms with Gasteiger partial charge in [0.1, 0.15) is 5.76 Å². The van der Waals surface area contributed by atoms with Crippen LogP contribution in [0, 0.1) is 0 Å². The van der Waals surface area contributed by atoms with Gasteiger partial charge in [-0.05, 0) is 61.0 Å². The van der Waals surface area contributed by atoms with Gasteiger partial charge in [-0.3, -0.25) is 20.4 Å². The molecule has 2 amide bonds. The van der Waals surface area contributed by atoms with Crippen molar-refractivity contribution in [3.63, 3.8) is 0 Å². The largest absolute Gasteiger partial charge is 0.493 e. The first-order chi connectivity index (χ1) is 16.8. The third-order valence-corrected chi connectivity index (χ3v) is 6.08. The Kier molecular flexibility index (Phi) is 8.65. The Morgan fingerprint density at radius 3 is 2.46 bits per heavy atom. The van der Waals surface area contributed by atoms with Crippen LogP contribution in [0.4, 0.5) is 0 Å². The molecule has 0 saturated carbocycles. The number of sulfonamides is 1. The summed E-state index contributed by atoms with van der Waals surface area (Å²) in [5.41, 5.74) is 5.45. The van der Waals surface area contributed by atoms with E-state index in [1.165, 1.54) is 43.7 Å². The summed E-state index contributed by atoms with van der Waals surface area (Å²) in [7, 11) is -2.25. The van der Waals surface area contributed by atoms with Crippen LogP contribution in [0.3, 0.4) is 0 Å². The molecule has 11 heteroatoms. The smallest absolute Gasteiger partial charge is 0.269 e. The van der Waals surface area contributed by atoms with E-state index in [0.29, 0.717) is 29.4 Å². The number of ether oxygens (including phenoxy) is 2. The lowest BCUT2D eigenvalue weighted by Crippen LogP contribution is -2.40. The Morgan fingerprint density at radius 1 is 1.03 bits per heavy atom. The fourth-order valence-electron chi connectivity index (χ4n) is 2.91. The molecular weight excluding hydrogens is 474 g/mol. The highest BCUT2D eigenvalue weighted by molar-refractivity contribution is 7.89. The predicted octanol–water partition coefficient (Wildman–Crippen LogP) is 2.64. The maximum absolute atomic E-state index is 12.4. The third kappa shape index (κ3) is 7.19. The summed E-state index contributed by atoms with van der Waals surface area (Å²) >= 11 is 0. The molecule has 0 aliphatic carbocycles. The number of hydrogen-bond acceptors (Lipinski definition) is 7. The van der Waals surface area contributed by atoms with Gasteiger partial charge in [0, 0.05) is 11.6 Å². The normalized spacial score (nSPS) is 11.3. The van der Waals surface area contributed by atoms with Gasteiger partial charge in [-0.25, -0.2) is 13.1 Å². The van der Waals surface area contributed by atoms with Gasteiger partial charge >= 0.3 is 0 Å². The average Bonchev–Trinajstić information content (AvgIpc) is 3.39. The van der Waals surface area contributed by atoms with Gasteiger partial charge in [0.25, 0.3) is 11.8 Å². The average molecular weight is 500 g/mol. The number of carbonyl (C=O) groups excluding carboxylic acids is 2. The molecule has 3 aromatic rings. The minimum absolute atomic E-state index is 0.0340. The molecule has 184 valence electrons. The number of nitrogens with one attached hydrogen (secondary N) is 3. The van der Waals surface area contributed by atoms with Gasteiger partial charge in [-0.1, -0.05) is 12.1 Å². The highest BCUT2D eigenvalue weighted by Crippen LogP contribution is 2.27. The van der Waals surface area contributed by atoms with Gasteiger partial charge in [-0.15, -0.1) is 0 Å². The number of methoxy groups -OCH3 is 1. The van der Waals surface area contributed by atoms with Crippen LogP contribution in [0.5, 0.6) is 11.5 Å². The maximum Gasteiger partial charge on any atom is 0.269 e. The Morgan fingerprint density at radius 2 is 1.80 bits per heavy atom. The lowest BCUT2D eigenvalue weighted by atomic mass is 10.2. The van der Waals surface area contributed by atoms with Gasteiger partial charge in [-0.2, -0.15) is 0 Å². The third-order valence-electron chi connectivity index (χ3n) is 4.66. The number of amides is 2. The molecule has 1 aromatic heterocycles. The van der Waals surface area contributed by atoms with Crippen molar-refractivity contribution in [3.8, 4) is 11.5 Å². The zero-order chi connectivity index (χ0) is 25.3. The standard InChI is InChI=1S/C24H25N3O7S/c1-3-33-21-12-9-18(15-22(21)32-2)24(29)27-26-23(28)13-8-17-6-10-20(11-7-17)35(30,31)25-16-19-5-4-14-34-19/h4-15,25H,3,16H2,1-2H3,(H,26,28)(H,27,29)/b13-8+. The Labute approximate surface area is 203 Å². The SMILES string of the molecule is CCOc1ccc(C(=O)NNC(=O)/C=C/c2ccc(S(=O)(=O)NCc3ccco3)cc2)cc1OC. The molecule has 35 heavy (non-hydrogen) atoms. The van der Waals surface area contributed by atoms with Gasteiger partial charge in [0.15, 0.2) is 11.5 Å². The lowest BCUT2D eigenvalue weighted by molar-refractivity contribution is -0.117. The van der Waals surface area contributed by atoms with Crippen molar-refractivity contribution in [2.75, 3.05) is 13.7 Å². The maximum atomic E-state index is 12.4. The van der Waals surface area contributed by atoms with E-state index in [2.05, 4.69) is 15.6 Å². The summed E-state index contributed by atoms with van der Waals surface area (Å²) in [6, 6.07) is 13.9. The Bertz CT molecular complexity index is 1290. The molecule has 2 aromatic carbocycles. The second kappa shape index (κ2) is 11.9. The van der Waals surface area contributed by atoms with E-state index in [4.69, 9.17) is 13.9 Å². The molecule has 1 heterocycles. The molecule has 0 fully saturated rings. The van der Waals surface area contributed by atoms with Crippen LogP contribution in [-0.2, 0) is 21.4 Å². The molecule has 3 rings (SSSR count). The summed E-state index contributed by atoms with van der Waals surface area (Å²) in [6.45, 7) is 2.32. The topological polar surface area (TPSA) is 136 Å². The van der Waals surface area contributed by atoms with E-state index in [1.807, 2.05) is 6.92 Å². The van der Waals surface area contributed by atoms with E-state index >= 15 is 0 Å². The van der Waals surface area contributed by atoms with Crippen molar-refractivity contribution in [3.05, 3.63) is 83.8 Å². The minimum atomic E-state index is -3.72. The molecular formula is C24H25N3O7S. The molecule has 3 N–H and O–H groups in total. The van der Waals surface area contributed by atoms with E-state index in [9.17, 15) is 18.0 Å². The highest BCUT2D eigenvalue weighted by Gasteiger charge is 2.14. The van der Waals surface area contributed by atoms with E-state index in [0.717, 1.165) is 0 Å². The zero-order valence-electron chi connectivity index (χ0n) is 19.1. The van der Waals surface area contributed by atoms with Crippen LogP contribution in [0.2, 0.25) is 0 Å². The zero-order valence-corrected chi connectivity index (χ0v) is 19.9. The number of hydrogen-bond donors (Lipinski definition) is 3. The van der Waals surface area contributed by atoms with Crippen LogP contribution in [0.1, 0.15) is 28.6 Å². The van der Waals surface area contributed by atoms with Crippen molar-refractivity contribution >= 4 is 27.9 Å². The van der Waals surface area contributed by atoms with Crippen molar-refractivity contribution < 1.29 is 31.9 Å². The first-order valence-electron chi connectivity index (χ1n) is 10.5. The first kappa shape index (κ1) is 25.5. The molecule has 0 unspecified atom stereocenters. The predicted molar refractivity (Wildman–Crippen MR) is 128 cm³/mol. The quantitative estimate of drug-likeness (QED) is 0.288. The minimum Gasteiger partial charge on any atom is -0.493 e. The van der Waals surface area contributed by atoms with Gasteiger partial charge in [0.2, 0.25) is 10.0 Å². The molecule has 0 aliphatic rings. The van der Waals surface area contributed by atoms with Crippen molar-refractivity contribution in [1.82, 2.24) is 15.6 Å². The summed E-state index contributed by atoms with van der Waals surface area (Å²) in [5.74, 6) is 0.281. The van der Waals surface area contributed by atoms with E-state index in [-0.39, 0.29) is 17.0 Å². The van der Waals surface area contributed by atoms with Gasteiger partial charge in [0.05, 0.1) is 31.4 Å². The van der Waals surface area contributed by atoms with Gasteiger partial charge < -0.3 is 13.9 Å². The van der Waals surface area contributed by atoms with Crippen LogP contribution in [0.15, 0.2) is 76.2 Å². The monoisotopic (exact) mass is 499 g/mol. The Hall–Kier alpha value is -4.09. The highest BCUT2D eigenvalue weighted by atomic mass is 32.2. The van der Waals surface area contributed by atoms with Crippen LogP contribution >= 0.6 is 0 Å². The van der Waals surface area contributed by atoms with Crippen LogP contribution < -0.4 is 25.0 Å². The lowest BCUT2D eigenvalue weighted by Gasteiger charge is -2.11. The molecule has 0 spiro atoms. The number of benzene rings is 2. The van der Waals surface area contributed by atoms with Crippen molar-refractivity contribution in [1.29, 1.82) is 0 Å². The molecule has 10 nitrogen and oxygen atoms in total. The molecule has 0 atom stereocenters. The first-order valence-corrected chi connectivity index (χ1v) is 12.0. The Balaban J connectivity index is 1.52. The van der Waals surface area contributed by atoms with E-state index in [1.54, 1.807) is 36.4 Å². The molecule has 0 aliphatic heterocycles. The summed E-state index contributed by atoms with van der Waals surface area (Å²) in [5, 5.41) is 0. The van der Waals surface area contributed by atoms with Crippen LogP contribution in [0.25, 0.3) is 6.08 Å². The fourth-order valence-corrected chi connectivity index (χ4v) is 3.90. The van der Waals surface area contributed by atoms with E-state index < -0.39 is 21.8 Å². The molecule has 0 radical (unpaired) electrons. The second-order valence-electron chi connectivity index (χ2n) is 7.05. The second-order valence-corrected chi connectivity index (χ2v) is 8.82. The summed E-state index contributed by atoms with van der Waals surface area (Å²) in [4.78, 5) is 24.4.